The largest absolute Gasteiger partial charge is 0.380 e. The quantitative estimate of drug-likeness (QED) is 0.607. The summed E-state index contributed by atoms with van der Waals surface area (Å²) >= 11 is 0. The molecule has 7 nitrogen and oxygen atoms in total. The van der Waals surface area contributed by atoms with Crippen LogP contribution >= 0.6 is 0 Å². The van der Waals surface area contributed by atoms with Crippen LogP contribution in [0.25, 0.3) is 11.0 Å². The smallest absolute Gasteiger partial charge is 0.257 e. The summed E-state index contributed by atoms with van der Waals surface area (Å²) in [6, 6.07) is 4.61. The van der Waals surface area contributed by atoms with Crippen molar-refractivity contribution in [3.05, 3.63) is 57.1 Å². The van der Waals surface area contributed by atoms with Crippen LogP contribution in [0.2, 0.25) is 0 Å². The Morgan fingerprint density at radius 2 is 2.06 bits per heavy atom. The number of hydrogen-bond acceptors (Lipinski definition) is 6. The van der Waals surface area contributed by atoms with Gasteiger partial charge in [0.25, 0.3) is 5.56 Å². The maximum absolute atomic E-state index is 13.4. The number of fused-ring (bicyclic) bond motifs is 2. The summed E-state index contributed by atoms with van der Waals surface area (Å²) < 4.78 is 26.1. The van der Waals surface area contributed by atoms with Crippen LogP contribution in [0, 0.1) is 12.7 Å². The van der Waals surface area contributed by atoms with Crippen molar-refractivity contribution in [2.45, 2.75) is 57.6 Å². The maximum atomic E-state index is 13.4. The highest BCUT2D eigenvalue weighted by molar-refractivity contribution is 5.79. The third kappa shape index (κ3) is 3.97. The Kier molecular flexibility index (Phi) is 5.82. The Morgan fingerprint density at radius 3 is 2.84 bits per heavy atom. The Morgan fingerprint density at radius 1 is 1.25 bits per heavy atom. The van der Waals surface area contributed by atoms with Gasteiger partial charge in [-0.15, -0.1) is 0 Å². The fourth-order valence-corrected chi connectivity index (χ4v) is 5.13. The van der Waals surface area contributed by atoms with E-state index in [0.717, 1.165) is 73.5 Å². The Balaban J connectivity index is 1.23. The van der Waals surface area contributed by atoms with E-state index in [1.807, 2.05) is 11.5 Å². The molecule has 1 aromatic carbocycles. The minimum absolute atomic E-state index is 0.0840. The van der Waals surface area contributed by atoms with E-state index in [-0.39, 0.29) is 17.5 Å². The lowest BCUT2D eigenvalue weighted by Crippen LogP contribution is -2.39. The summed E-state index contributed by atoms with van der Waals surface area (Å²) in [6.45, 7) is 5.24. The molecule has 0 amide bonds. The first-order valence-electron chi connectivity index (χ1n) is 11.4. The highest BCUT2D eigenvalue weighted by atomic mass is 19.1. The zero-order valence-electron chi connectivity index (χ0n) is 18.6. The number of piperidine rings is 1. The van der Waals surface area contributed by atoms with E-state index < -0.39 is 0 Å². The number of rotatable bonds is 5. The summed E-state index contributed by atoms with van der Waals surface area (Å²) in [5, 5.41) is 5.14. The highest BCUT2D eigenvalue weighted by Crippen LogP contribution is 2.32. The maximum Gasteiger partial charge on any atom is 0.257 e. The van der Waals surface area contributed by atoms with Crippen LogP contribution in [0.15, 0.2) is 27.5 Å². The van der Waals surface area contributed by atoms with Gasteiger partial charge in [0.2, 0.25) is 0 Å². The molecule has 0 bridgehead atoms. The summed E-state index contributed by atoms with van der Waals surface area (Å²) in [5.41, 5.74) is 3.20. The van der Waals surface area contributed by atoms with Gasteiger partial charge in [0, 0.05) is 48.7 Å². The first-order valence-corrected chi connectivity index (χ1v) is 11.4. The van der Waals surface area contributed by atoms with Gasteiger partial charge in [-0.2, -0.15) is 0 Å². The van der Waals surface area contributed by atoms with Crippen LogP contribution in [0.5, 0.6) is 0 Å². The molecule has 0 saturated carbocycles. The molecule has 0 N–H and O–H groups in total. The van der Waals surface area contributed by atoms with Crippen molar-refractivity contribution in [1.29, 1.82) is 0 Å². The van der Waals surface area contributed by atoms with Gasteiger partial charge in [-0.1, -0.05) is 5.16 Å². The summed E-state index contributed by atoms with van der Waals surface area (Å²) in [7, 11) is 1.70. The molecule has 170 valence electrons. The number of ether oxygens (including phenoxy) is 1. The van der Waals surface area contributed by atoms with Crippen molar-refractivity contribution in [3.63, 3.8) is 0 Å². The number of hydrogen-bond donors (Lipinski definition) is 0. The van der Waals surface area contributed by atoms with Gasteiger partial charge in [-0.3, -0.25) is 9.36 Å². The second-order valence-corrected chi connectivity index (χ2v) is 8.98. The van der Waals surface area contributed by atoms with Crippen LogP contribution in [-0.4, -0.2) is 52.5 Å². The van der Waals surface area contributed by atoms with Crippen LogP contribution in [-0.2, 0) is 24.1 Å². The molecule has 1 atom stereocenters. The monoisotopic (exact) mass is 440 g/mol. The van der Waals surface area contributed by atoms with Gasteiger partial charge < -0.3 is 14.2 Å². The fraction of sp³-hybridized carbons (Fsp3) is 0.542. The second kappa shape index (κ2) is 8.75. The highest BCUT2D eigenvalue weighted by Gasteiger charge is 2.26. The number of aryl methyl sites for hydroxylation is 2. The van der Waals surface area contributed by atoms with E-state index in [1.165, 1.54) is 12.1 Å². The molecular formula is C24H29FN4O3. The molecule has 32 heavy (non-hydrogen) atoms. The predicted octanol–water partition coefficient (Wildman–Crippen LogP) is 3.22. The zero-order chi connectivity index (χ0) is 22.2. The summed E-state index contributed by atoms with van der Waals surface area (Å²) in [6.07, 6.45) is 4.41. The molecule has 2 aliphatic heterocycles. The fourth-order valence-electron chi connectivity index (χ4n) is 5.13. The topological polar surface area (TPSA) is 73.4 Å². The molecule has 5 rings (SSSR count). The van der Waals surface area contributed by atoms with E-state index in [1.54, 1.807) is 13.2 Å². The summed E-state index contributed by atoms with van der Waals surface area (Å²) in [4.78, 5) is 20.3. The molecule has 4 heterocycles. The van der Waals surface area contributed by atoms with Crippen LogP contribution in [0.1, 0.15) is 48.0 Å². The van der Waals surface area contributed by atoms with Crippen molar-refractivity contribution >= 4 is 11.0 Å². The van der Waals surface area contributed by atoms with Gasteiger partial charge in [-0.25, -0.2) is 9.37 Å². The molecule has 2 aliphatic rings. The first-order chi connectivity index (χ1) is 15.5. The van der Waals surface area contributed by atoms with Crippen molar-refractivity contribution in [3.8, 4) is 0 Å². The first kappa shape index (κ1) is 21.3. The van der Waals surface area contributed by atoms with Gasteiger partial charge in [-0.05, 0) is 57.8 Å². The molecule has 0 spiro atoms. The minimum atomic E-state index is -0.310. The van der Waals surface area contributed by atoms with Crippen molar-refractivity contribution < 1.29 is 13.7 Å². The third-order valence-corrected chi connectivity index (χ3v) is 7.07. The molecule has 1 fully saturated rings. The molecule has 0 aliphatic carbocycles. The average molecular weight is 441 g/mol. The molecule has 3 aromatic rings. The van der Waals surface area contributed by atoms with E-state index in [4.69, 9.17) is 14.2 Å². The number of likely N-dealkylation sites (tertiary alicyclic amines) is 1. The molecule has 1 saturated heterocycles. The Labute approximate surface area is 186 Å². The second-order valence-electron chi connectivity index (χ2n) is 8.98. The van der Waals surface area contributed by atoms with Gasteiger partial charge in [0.05, 0.1) is 18.3 Å². The molecular weight excluding hydrogens is 411 g/mol. The number of methoxy groups -OCH3 is 1. The van der Waals surface area contributed by atoms with E-state index in [2.05, 4.69) is 10.1 Å². The third-order valence-electron chi connectivity index (χ3n) is 7.07. The lowest BCUT2D eigenvalue weighted by molar-refractivity contribution is 0.0684. The normalized spacial score (nSPS) is 20.0. The standard InChI is InChI=1S/C24H29FN4O3/c1-15-19(24(30)29-14-18(31-2)4-6-22(29)26-15)9-12-28-10-7-16(8-11-28)23-20-5-3-17(25)13-21(20)32-27-23/h3,5,13,16,18H,4,6-12,14H2,1-2H3/t18-/m1/s1. The van der Waals surface area contributed by atoms with E-state index in [0.29, 0.717) is 24.5 Å². The molecule has 0 radical (unpaired) electrons. The van der Waals surface area contributed by atoms with E-state index in [9.17, 15) is 9.18 Å². The van der Waals surface area contributed by atoms with Gasteiger partial charge in [0.15, 0.2) is 5.58 Å². The lowest BCUT2D eigenvalue weighted by Gasteiger charge is -2.31. The molecule has 8 heteroatoms. The van der Waals surface area contributed by atoms with Crippen molar-refractivity contribution in [2.24, 2.45) is 0 Å². The Hall–Kier alpha value is -2.58. The zero-order valence-corrected chi connectivity index (χ0v) is 18.6. The molecule has 0 unspecified atom stereocenters. The Bertz CT molecular complexity index is 1180. The van der Waals surface area contributed by atoms with Crippen LogP contribution < -0.4 is 5.56 Å². The SMILES string of the molecule is CO[C@@H]1CCc2nc(C)c(CCN3CCC(c4noc5cc(F)ccc45)CC3)c(=O)n2C1. The lowest BCUT2D eigenvalue weighted by atomic mass is 9.91. The number of aromatic nitrogens is 3. The average Bonchev–Trinajstić information content (AvgIpc) is 3.22. The molecule has 2 aromatic heterocycles. The van der Waals surface area contributed by atoms with Gasteiger partial charge >= 0.3 is 0 Å². The summed E-state index contributed by atoms with van der Waals surface area (Å²) in [5.74, 6) is 0.877. The minimum Gasteiger partial charge on any atom is -0.380 e. The van der Waals surface area contributed by atoms with E-state index >= 15 is 0 Å². The van der Waals surface area contributed by atoms with Gasteiger partial charge in [0.1, 0.15) is 11.6 Å². The van der Waals surface area contributed by atoms with Crippen molar-refractivity contribution in [1.82, 2.24) is 19.6 Å². The van der Waals surface area contributed by atoms with Crippen molar-refractivity contribution in [2.75, 3.05) is 26.7 Å². The predicted molar refractivity (Wildman–Crippen MR) is 118 cm³/mol. The van der Waals surface area contributed by atoms with Crippen LogP contribution in [0.3, 0.4) is 0 Å². The number of halogens is 1. The number of nitrogens with zero attached hydrogens (tertiary/aromatic N) is 4. The number of benzene rings is 1. The van der Waals surface area contributed by atoms with Crippen LogP contribution in [0.4, 0.5) is 4.39 Å².